The Morgan fingerprint density at radius 2 is 1.97 bits per heavy atom. The van der Waals surface area contributed by atoms with E-state index >= 15 is 0 Å². The number of rotatable bonds is 7. The standard InChI is InChI=1S/C22H23F3N4O3/c1-12(13-6-8-15(31-3)9-7-13)26-17(30)11-32-18-10-16(22(23,24)25)19-20(14-4-5-14)28-29(2)21(19)27-18/h6-10,12,14H,4-5,11H2,1-3H3,(H,26,30)/t12-/m0/s1. The zero-order chi connectivity index (χ0) is 23.0. The lowest BCUT2D eigenvalue weighted by Crippen LogP contribution is -2.31. The number of aromatic nitrogens is 3. The second-order valence-corrected chi connectivity index (χ2v) is 7.84. The summed E-state index contributed by atoms with van der Waals surface area (Å²) in [6, 6.07) is 7.70. The maximum Gasteiger partial charge on any atom is 0.417 e. The average molecular weight is 448 g/mol. The molecule has 1 saturated carbocycles. The van der Waals surface area contributed by atoms with Crippen LogP contribution in [0.3, 0.4) is 0 Å². The molecule has 4 rings (SSSR count). The summed E-state index contributed by atoms with van der Waals surface area (Å²) in [5, 5.41) is 7.02. The Bertz CT molecular complexity index is 1140. The summed E-state index contributed by atoms with van der Waals surface area (Å²) >= 11 is 0. The van der Waals surface area contributed by atoms with Crippen molar-refractivity contribution in [2.45, 2.75) is 37.9 Å². The molecule has 1 amide bonds. The van der Waals surface area contributed by atoms with Gasteiger partial charge < -0.3 is 14.8 Å². The van der Waals surface area contributed by atoms with Gasteiger partial charge in [-0.15, -0.1) is 0 Å². The monoisotopic (exact) mass is 448 g/mol. The van der Waals surface area contributed by atoms with Gasteiger partial charge in [0.1, 0.15) is 5.75 Å². The minimum absolute atomic E-state index is 0.00688. The molecule has 2 aromatic heterocycles. The number of aryl methyl sites for hydroxylation is 1. The summed E-state index contributed by atoms with van der Waals surface area (Å²) in [7, 11) is 3.11. The van der Waals surface area contributed by atoms with E-state index in [0.29, 0.717) is 11.4 Å². The third-order valence-corrected chi connectivity index (χ3v) is 5.41. The van der Waals surface area contributed by atoms with Crippen molar-refractivity contribution in [3.8, 4) is 11.6 Å². The van der Waals surface area contributed by atoms with E-state index in [1.165, 1.54) is 4.68 Å². The molecule has 0 saturated heterocycles. The molecule has 3 aromatic rings. The van der Waals surface area contributed by atoms with Crippen LogP contribution >= 0.6 is 0 Å². The van der Waals surface area contributed by atoms with Crippen LogP contribution in [-0.4, -0.2) is 34.4 Å². The summed E-state index contributed by atoms with van der Waals surface area (Å²) in [4.78, 5) is 16.5. The van der Waals surface area contributed by atoms with Crippen molar-refractivity contribution >= 4 is 16.9 Å². The number of carbonyl (C=O) groups excluding carboxylic acids is 1. The van der Waals surface area contributed by atoms with E-state index in [9.17, 15) is 18.0 Å². The number of methoxy groups -OCH3 is 1. The lowest BCUT2D eigenvalue weighted by Gasteiger charge is -2.15. The molecule has 2 heterocycles. The van der Waals surface area contributed by atoms with Gasteiger partial charge in [0.15, 0.2) is 12.3 Å². The fourth-order valence-electron chi connectivity index (χ4n) is 3.59. The van der Waals surface area contributed by atoms with Crippen LogP contribution < -0.4 is 14.8 Å². The minimum atomic E-state index is -4.60. The second-order valence-electron chi connectivity index (χ2n) is 7.84. The topological polar surface area (TPSA) is 78.3 Å². The van der Waals surface area contributed by atoms with Crippen molar-refractivity contribution < 1.29 is 27.4 Å². The molecule has 1 aliphatic carbocycles. The fourth-order valence-corrected chi connectivity index (χ4v) is 3.59. The molecular formula is C22H23F3N4O3. The van der Waals surface area contributed by atoms with Gasteiger partial charge in [0.25, 0.3) is 5.91 Å². The highest BCUT2D eigenvalue weighted by molar-refractivity contribution is 5.84. The number of carbonyl (C=O) groups is 1. The molecule has 1 N–H and O–H groups in total. The third kappa shape index (κ3) is 4.49. The summed E-state index contributed by atoms with van der Waals surface area (Å²) < 4.78 is 53.1. The van der Waals surface area contributed by atoms with E-state index in [-0.39, 0.29) is 28.9 Å². The van der Waals surface area contributed by atoms with Gasteiger partial charge in [-0.25, -0.2) is 0 Å². The highest BCUT2D eigenvalue weighted by Crippen LogP contribution is 2.46. The van der Waals surface area contributed by atoms with Crippen molar-refractivity contribution in [1.29, 1.82) is 0 Å². The minimum Gasteiger partial charge on any atom is -0.497 e. The number of amides is 1. The molecule has 0 bridgehead atoms. The lowest BCUT2D eigenvalue weighted by atomic mass is 10.1. The molecule has 0 spiro atoms. The van der Waals surface area contributed by atoms with E-state index in [4.69, 9.17) is 9.47 Å². The summed E-state index contributed by atoms with van der Waals surface area (Å²) in [5.41, 5.74) is 0.503. The number of fused-ring (bicyclic) bond motifs is 1. The van der Waals surface area contributed by atoms with Gasteiger partial charge in [-0.1, -0.05) is 12.1 Å². The molecule has 10 heteroatoms. The summed E-state index contributed by atoms with van der Waals surface area (Å²) in [6.45, 7) is 1.32. The first-order valence-electron chi connectivity index (χ1n) is 10.2. The predicted molar refractivity (Wildman–Crippen MR) is 111 cm³/mol. The molecule has 1 aliphatic rings. The first-order chi connectivity index (χ1) is 15.2. The number of pyridine rings is 1. The van der Waals surface area contributed by atoms with Gasteiger partial charge in [0, 0.05) is 19.0 Å². The highest BCUT2D eigenvalue weighted by Gasteiger charge is 2.39. The van der Waals surface area contributed by atoms with Crippen LogP contribution in [0.4, 0.5) is 13.2 Å². The molecule has 1 atom stereocenters. The smallest absolute Gasteiger partial charge is 0.417 e. The van der Waals surface area contributed by atoms with Crippen LogP contribution in [0.2, 0.25) is 0 Å². The van der Waals surface area contributed by atoms with Gasteiger partial charge in [-0.05, 0) is 37.5 Å². The Kier molecular flexibility index (Phi) is 5.70. The second kappa shape index (κ2) is 8.33. The van der Waals surface area contributed by atoms with E-state index in [0.717, 1.165) is 24.5 Å². The van der Waals surface area contributed by atoms with Crippen LogP contribution in [-0.2, 0) is 18.0 Å². The number of hydrogen-bond acceptors (Lipinski definition) is 5. The maximum atomic E-state index is 13.8. The van der Waals surface area contributed by atoms with Crippen molar-refractivity contribution in [2.75, 3.05) is 13.7 Å². The summed E-state index contributed by atoms with van der Waals surface area (Å²) in [5.74, 6) is -0.0361. The van der Waals surface area contributed by atoms with Crippen LogP contribution in [0.5, 0.6) is 11.6 Å². The molecule has 0 unspecified atom stereocenters. The first kappa shape index (κ1) is 21.9. The maximum absolute atomic E-state index is 13.8. The van der Waals surface area contributed by atoms with Gasteiger partial charge in [0.2, 0.25) is 5.88 Å². The quantitative estimate of drug-likeness (QED) is 0.588. The molecule has 170 valence electrons. The van der Waals surface area contributed by atoms with Crippen molar-refractivity contribution in [3.63, 3.8) is 0 Å². The van der Waals surface area contributed by atoms with Gasteiger partial charge in [0.05, 0.1) is 29.8 Å². The number of halogens is 3. The molecule has 0 radical (unpaired) electrons. The van der Waals surface area contributed by atoms with E-state index in [1.54, 1.807) is 33.2 Å². The highest BCUT2D eigenvalue weighted by atomic mass is 19.4. The Hall–Kier alpha value is -3.30. The first-order valence-corrected chi connectivity index (χ1v) is 10.2. The fraction of sp³-hybridized carbons (Fsp3) is 0.409. The van der Waals surface area contributed by atoms with E-state index in [2.05, 4.69) is 15.4 Å². The van der Waals surface area contributed by atoms with Crippen LogP contribution in [0, 0.1) is 0 Å². The number of alkyl halides is 3. The number of hydrogen-bond donors (Lipinski definition) is 1. The number of nitrogens with one attached hydrogen (secondary N) is 1. The molecular weight excluding hydrogens is 425 g/mol. The number of nitrogens with zero attached hydrogens (tertiary/aromatic N) is 3. The number of ether oxygens (including phenoxy) is 2. The van der Waals surface area contributed by atoms with E-state index < -0.39 is 24.3 Å². The Labute approximate surface area is 182 Å². The average Bonchev–Trinajstić information content (AvgIpc) is 3.55. The van der Waals surface area contributed by atoms with Crippen molar-refractivity contribution in [2.24, 2.45) is 7.05 Å². The zero-order valence-electron chi connectivity index (χ0n) is 17.9. The van der Waals surface area contributed by atoms with Gasteiger partial charge >= 0.3 is 6.18 Å². The van der Waals surface area contributed by atoms with Crippen LogP contribution in [0.15, 0.2) is 30.3 Å². The van der Waals surface area contributed by atoms with Gasteiger partial charge in [-0.2, -0.15) is 23.3 Å². The van der Waals surface area contributed by atoms with Crippen molar-refractivity contribution in [3.05, 3.63) is 47.2 Å². The zero-order valence-corrected chi connectivity index (χ0v) is 17.9. The molecule has 0 aliphatic heterocycles. The van der Waals surface area contributed by atoms with Crippen LogP contribution in [0.25, 0.3) is 11.0 Å². The number of benzene rings is 1. The molecule has 7 nitrogen and oxygen atoms in total. The normalized spacial score (nSPS) is 14.9. The van der Waals surface area contributed by atoms with Crippen LogP contribution in [0.1, 0.15) is 48.5 Å². The Balaban J connectivity index is 1.50. The van der Waals surface area contributed by atoms with Gasteiger partial charge in [-0.3, -0.25) is 9.48 Å². The largest absolute Gasteiger partial charge is 0.497 e. The lowest BCUT2D eigenvalue weighted by molar-refractivity contribution is -0.136. The van der Waals surface area contributed by atoms with E-state index in [1.807, 2.05) is 12.1 Å². The third-order valence-electron chi connectivity index (χ3n) is 5.41. The predicted octanol–water partition coefficient (Wildman–Crippen LogP) is 4.13. The SMILES string of the molecule is COc1ccc([C@H](C)NC(=O)COc2cc(C(F)(F)F)c3c(C4CC4)nn(C)c3n2)cc1. The summed E-state index contributed by atoms with van der Waals surface area (Å²) in [6.07, 6.45) is -2.97. The molecule has 32 heavy (non-hydrogen) atoms. The Morgan fingerprint density at radius 3 is 2.56 bits per heavy atom. The molecule has 1 fully saturated rings. The Morgan fingerprint density at radius 1 is 1.28 bits per heavy atom. The molecule has 1 aromatic carbocycles. The van der Waals surface area contributed by atoms with Crippen molar-refractivity contribution in [1.82, 2.24) is 20.1 Å².